The van der Waals surface area contributed by atoms with Gasteiger partial charge in [-0.2, -0.15) is 5.10 Å². The largest absolute Gasteiger partial charge is 0.476 e. The molecule has 0 aliphatic rings. The third-order valence-corrected chi connectivity index (χ3v) is 2.66. The van der Waals surface area contributed by atoms with Crippen LogP contribution in [0, 0.1) is 0 Å². The van der Waals surface area contributed by atoms with Gasteiger partial charge in [0.15, 0.2) is 0 Å². The molecule has 0 bridgehead atoms. The lowest BCUT2D eigenvalue weighted by atomic mass is 10.2. The lowest BCUT2D eigenvalue weighted by Crippen LogP contribution is -2.13. The summed E-state index contributed by atoms with van der Waals surface area (Å²) in [6.45, 7) is 2.84. The number of nitrogens with two attached hydrogens (primary N) is 1. The normalized spacial score (nSPS) is 10.2. The fraction of sp³-hybridized carbons (Fsp3) is 0.583. The summed E-state index contributed by atoms with van der Waals surface area (Å²) in [6.07, 6.45) is 7.54. The third kappa shape index (κ3) is 5.08. The number of rotatable bonds is 8. The molecule has 1 heterocycles. The van der Waals surface area contributed by atoms with Gasteiger partial charge in [0.05, 0.1) is 18.4 Å². The van der Waals surface area contributed by atoms with Gasteiger partial charge in [0, 0.05) is 0 Å². The van der Waals surface area contributed by atoms with Gasteiger partial charge in [-0.3, -0.25) is 0 Å². The standard InChI is InChI=1S/C12H19N3OS/c1-2-3-4-5-6-9-16-12-10(11(13)17)7-8-14-15-12/h7-8H,2-6,9H2,1H3,(H2,13,17). The molecule has 94 valence electrons. The molecule has 0 aliphatic heterocycles. The molecule has 0 spiro atoms. The highest BCUT2D eigenvalue weighted by molar-refractivity contribution is 7.80. The molecule has 0 unspecified atom stereocenters. The van der Waals surface area contributed by atoms with E-state index in [1.165, 1.54) is 25.7 Å². The Morgan fingerprint density at radius 3 is 2.82 bits per heavy atom. The van der Waals surface area contributed by atoms with Crippen LogP contribution in [0.15, 0.2) is 12.3 Å². The lowest BCUT2D eigenvalue weighted by molar-refractivity contribution is 0.289. The van der Waals surface area contributed by atoms with Crippen LogP contribution in [-0.2, 0) is 0 Å². The van der Waals surface area contributed by atoms with Gasteiger partial charge in [-0.25, -0.2) is 0 Å². The van der Waals surface area contributed by atoms with Crippen LogP contribution in [0.1, 0.15) is 44.6 Å². The Morgan fingerprint density at radius 1 is 1.35 bits per heavy atom. The van der Waals surface area contributed by atoms with E-state index in [4.69, 9.17) is 22.7 Å². The van der Waals surface area contributed by atoms with Gasteiger partial charge in [-0.05, 0) is 12.5 Å². The molecular formula is C12H19N3OS. The van der Waals surface area contributed by atoms with Crippen LogP contribution in [0.4, 0.5) is 0 Å². The summed E-state index contributed by atoms with van der Waals surface area (Å²) >= 11 is 4.92. The molecular weight excluding hydrogens is 234 g/mol. The van der Waals surface area contributed by atoms with Crippen molar-refractivity contribution < 1.29 is 4.74 Å². The summed E-state index contributed by atoms with van der Waals surface area (Å²) in [5.74, 6) is 0.440. The Morgan fingerprint density at radius 2 is 2.12 bits per heavy atom. The van der Waals surface area contributed by atoms with Gasteiger partial charge in [-0.15, -0.1) is 5.10 Å². The van der Waals surface area contributed by atoms with Crippen molar-refractivity contribution in [2.75, 3.05) is 6.61 Å². The zero-order chi connectivity index (χ0) is 12.5. The summed E-state index contributed by atoms with van der Waals surface area (Å²) in [5.41, 5.74) is 6.22. The van der Waals surface area contributed by atoms with Gasteiger partial charge in [0.1, 0.15) is 4.99 Å². The second-order valence-electron chi connectivity index (χ2n) is 3.88. The van der Waals surface area contributed by atoms with Crippen molar-refractivity contribution in [2.24, 2.45) is 5.73 Å². The van der Waals surface area contributed by atoms with Crippen LogP contribution in [0.3, 0.4) is 0 Å². The Kier molecular flexibility index (Phi) is 6.47. The van der Waals surface area contributed by atoms with E-state index >= 15 is 0 Å². The molecule has 0 saturated heterocycles. The minimum atomic E-state index is 0.292. The molecule has 0 saturated carbocycles. The van der Waals surface area contributed by atoms with Crippen molar-refractivity contribution in [3.05, 3.63) is 17.8 Å². The van der Waals surface area contributed by atoms with Crippen molar-refractivity contribution in [3.8, 4) is 5.88 Å². The number of ether oxygens (including phenoxy) is 1. The SMILES string of the molecule is CCCCCCCOc1nnccc1C(N)=S. The highest BCUT2D eigenvalue weighted by atomic mass is 32.1. The van der Waals surface area contributed by atoms with Crippen molar-refractivity contribution in [1.82, 2.24) is 10.2 Å². The van der Waals surface area contributed by atoms with Crippen molar-refractivity contribution in [2.45, 2.75) is 39.0 Å². The molecule has 0 aromatic carbocycles. The number of aromatic nitrogens is 2. The van der Waals surface area contributed by atoms with Crippen LogP contribution in [0.5, 0.6) is 5.88 Å². The first-order chi connectivity index (χ1) is 8.25. The van der Waals surface area contributed by atoms with E-state index in [2.05, 4.69) is 17.1 Å². The Hall–Kier alpha value is -1.23. The van der Waals surface area contributed by atoms with E-state index < -0.39 is 0 Å². The van der Waals surface area contributed by atoms with E-state index in [0.717, 1.165) is 6.42 Å². The number of hydrogen-bond acceptors (Lipinski definition) is 4. The van der Waals surface area contributed by atoms with Crippen molar-refractivity contribution in [1.29, 1.82) is 0 Å². The van der Waals surface area contributed by atoms with E-state index in [1.54, 1.807) is 12.3 Å². The molecule has 17 heavy (non-hydrogen) atoms. The predicted octanol–water partition coefficient (Wildman–Crippen LogP) is 2.46. The van der Waals surface area contributed by atoms with E-state index in [9.17, 15) is 0 Å². The molecule has 2 N–H and O–H groups in total. The molecule has 0 amide bonds. The average molecular weight is 253 g/mol. The quantitative estimate of drug-likeness (QED) is 0.569. The fourth-order valence-electron chi connectivity index (χ4n) is 1.49. The molecule has 1 aromatic rings. The average Bonchev–Trinajstić information content (AvgIpc) is 2.34. The van der Waals surface area contributed by atoms with Gasteiger partial charge < -0.3 is 10.5 Å². The van der Waals surface area contributed by atoms with Crippen LogP contribution in [0.25, 0.3) is 0 Å². The Labute approximate surface area is 108 Å². The van der Waals surface area contributed by atoms with E-state index in [1.807, 2.05) is 0 Å². The molecule has 4 nitrogen and oxygen atoms in total. The van der Waals surface area contributed by atoms with Crippen LogP contribution >= 0.6 is 12.2 Å². The summed E-state index contributed by atoms with van der Waals surface area (Å²) in [5, 5.41) is 7.66. The van der Waals surface area contributed by atoms with Crippen LogP contribution < -0.4 is 10.5 Å². The Bertz CT molecular complexity index is 357. The maximum Gasteiger partial charge on any atom is 0.243 e. The first-order valence-electron chi connectivity index (χ1n) is 6.00. The van der Waals surface area contributed by atoms with E-state index in [0.29, 0.717) is 23.0 Å². The second kappa shape index (κ2) is 7.95. The van der Waals surface area contributed by atoms with Gasteiger partial charge >= 0.3 is 0 Å². The van der Waals surface area contributed by atoms with Crippen LogP contribution in [-0.4, -0.2) is 21.8 Å². The number of nitrogens with zero attached hydrogens (tertiary/aromatic N) is 2. The maximum atomic E-state index is 5.57. The van der Waals surface area contributed by atoms with Crippen molar-refractivity contribution in [3.63, 3.8) is 0 Å². The maximum absolute atomic E-state index is 5.57. The smallest absolute Gasteiger partial charge is 0.243 e. The van der Waals surface area contributed by atoms with Gasteiger partial charge in [0.25, 0.3) is 0 Å². The monoisotopic (exact) mass is 253 g/mol. The first-order valence-corrected chi connectivity index (χ1v) is 6.40. The number of unbranched alkanes of at least 4 members (excludes halogenated alkanes) is 4. The van der Waals surface area contributed by atoms with Crippen molar-refractivity contribution >= 4 is 17.2 Å². The third-order valence-electron chi connectivity index (χ3n) is 2.44. The van der Waals surface area contributed by atoms with E-state index in [-0.39, 0.29) is 0 Å². The highest BCUT2D eigenvalue weighted by Crippen LogP contribution is 2.13. The summed E-state index contributed by atoms with van der Waals surface area (Å²) in [4.78, 5) is 0.292. The fourth-order valence-corrected chi connectivity index (χ4v) is 1.64. The van der Waals surface area contributed by atoms with Gasteiger partial charge in [-0.1, -0.05) is 44.8 Å². The summed E-state index contributed by atoms with van der Waals surface area (Å²) < 4.78 is 5.54. The molecule has 0 aliphatic carbocycles. The molecule has 1 rings (SSSR count). The minimum absolute atomic E-state index is 0.292. The summed E-state index contributed by atoms with van der Waals surface area (Å²) in [7, 11) is 0. The molecule has 1 aromatic heterocycles. The summed E-state index contributed by atoms with van der Waals surface area (Å²) in [6, 6.07) is 1.72. The molecule has 5 heteroatoms. The highest BCUT2D eigenvalue weighted by Gasteiger charge is 2.07. The van der Waals surface area contributed by atoms with Crippen LogP contribution in [0.2, 0.25) is 0 Å². The molecule has 0 radical (unpaired) electrons. The zero-order valence-corrected chi connectivity index (χ0v) is 11.0. The zero-order valence-electron chi connectivity index (χ0n) is 10.2. The number of hydrogen-bond donors (Lipinski definition) is 1. The minimum Gasteiger partial charge on any atom is -0.476 e. The first kappa shape index (κ1) is 13.8. The number of thiocarbonyl (C=S) groups is 1. The molecule has 0 fully saturated rings. The predicted molar refractivity (Wildman–Crippen MR) is 72.2 cm³/mol. The topological polar surface area (TPSA) is 61.0 Å². The van der Waals surface area contributed by atoms with Gasteiger partial charge in [0.2, 0.25) is 5.88 Å². The second-order valence-corrected chi connectivity index (χ2v) is 4.32. The lowest BCUT2D eigenvalue weighted by Gasteiger charge is -2.07. The Balaban J connectivity index is 2.34. The molecule has 0 atom stereocenters.